The number of carbonyl (C=O) groups excluding carboxylic acids is 1. The van der Waals surface area contributed by atoms with Crippen LogP contribution in [-0.2, 0) is 14.6 Å². The van der Waals surface area contributed by atoms with Crippen LogP contribution in [0.5, 0.6) is 0 Å². The quantitative estimate of drug-likeness (QED) is 0.494. The second-order valence-electron chi connectivity index (χ2n) is 2.25. The summed E-state index contributed by atoms with van der Waals surface area (Å²) in [6, 6.07) is 0. The molecule has 1 rings (SSSR count). The summed E-state index contributed by atoms with van der Waals surface area (Å²) in [6.45, 7) is 0.265. The van der Waals surface area contributed by atoms with Gasteiger partial charge < -0.3 is 5.32 Å². The fraction of sp³-hybridized carbons (Fsp3) is 0.800. The van der Waals surface area contributed by atoms with E-state index in [4.69, 9.17) is 0 Å². The van der Waals surface area contributed by atoms with Gasteiger partial charge >= 0.3 is 0 Å². The van der Waals surface area contributed by atoms with Crippen molar-refractivity contribution < 1.29 is 13.2 Å². The lowest BCUT2D eigenvalue weighted by Crippen LogP contribution is -2.23. The Morgan fingerprint density at radius 2 is 2.00 bits per heavy atom. The Balaban J connectivity index is 2.66. The molecule has 58 valence electrons. The third-order valence-electron chi connectivity index (χ3n) is 1.38. The molecule has 0 aliphatic carbocycles. The summed E-state index contributed by atoms with van der Waals surface area (Å²) in [7, 11) is -2.94. The predicted molar refractivity (Wildman–Crippen MR) is 36.3 cm³/mol. The SMILES string of the molecule is O=C1CCS(=O)(=O)CCN1. The van der Waals surface area contributed by atoms with Crippen LogP contribution < -0.4 is 5.32 Å². The number of amides is 1. The Hall–Kier alpha value is -0.580. The van der Waals surface area contributed by atoms with Crippen LogP contribution in [0.4, 0.5) is 0 Å². The molecule has 0 aromatic carbocycles. The zero-order valence-corrected chi connectivity index (χ0v) is 6.28. The van der Waals surface area contributed by atoms with E-state index in [1.807, 2.05) is 0 Å². The number of nitrogens with one attached hydrogen (secondary N) is 1. The monoisotopic (exact) mass is 163 g/mol. The van der Waals surface area contributed by atoms with Crippen LogP contribution in [0.3, 0.4) is 0 Å². The van der Waals surface area contributed by atoms with Crippen LogP contribution in [0.1, 0.15) is 6.42 Å². The van der Waals surface area contributed by atoms with E-state index in [9.17, 15) is 13.2 Å². The van der Waals surface area contributed by atoms with E-state index in [-0.39, 0.29) is 30.4 Å². The van der Waals surface area contributed by atoms with Crippen LogP contribution in [0.15, 0.2) is 0 Å². The average molecular weight is 163 g/mol. The summed E-state index contributed by atoms with van der Waals surface area (Å²) < 4.78 is 21.6. The van der Waals surface area contributed by atoms with Crippen molar-refractivity contribution >= 4 is 15.7 Å². The standard InChI is InChI=1S/C5H9NO3S/c7-5-1-3-10(8,9)4-2-6-5/h1-4H2,(H,6,7). The number of sulfone groups is 1. The van der Waals surface area contributed by atoms with Gasteiger partial charge in [-0.05, 0) is 0 Å². The normalized spacial score (nSPS) is 25.0. The maximum Gasteiger partial charge on any atom is 0.221 e. The molecule has 0 aromatic heterocycles. The molecule has 0 unspecified atom stereocenters. The van der Waals surface area contributed by atoms with Gasteiger partial charge in [0.05, 0.1) is 11.5 Å². The molecule has 1 heterocycles. The first-order valence-corrected chi connectivity index (χ1v) is 4.89. The molecule has 1 aliphatic rings. The van der Waals surface area contributed by atoms with Gasteiger partial charge in [0, 0.05) is 13.0 Å². The zero-order chi connectivity index (χ0) is 7.61. The minimum Gasteiger partial charge on any atom is -0.355 e. The van der Waals surface area contributed by atoms with Crippen molar-refractivity contribution in [3.05, 3.63) is 0 Å². The Bertz CT molecular complexity index is 231. The highest BCUT2D eigenvalue weighted by Crippen LogP contribution is 1.97. The lowest BCUT2D eigenvalue weighted by molar-refractivity contribution is -0.120. The van der Waals surface area contributed by atoms with E-state index in [1.54, 1.807) is 0 Å². The van der Waals surface area contributed by atoms with Gasteiger partial charge in [0.2, 0.25) is 5.91 Å². The van der Waals surface area contributed by atoms with Gasteiger partial charge in [-0.1, -0.05) is 0 Å². The molecule has 0 aromatic rings. The van der Waals surface area contributed by atoms with Crippen molar-refractivity contribution in [1.29, 1.82) is 0 Å². The fourth-order valence-electron chi connectivity index (χ4n) is 0.785. The van der Waals surface area contributed by atoms with Gasteiger partial charge in [-0.2, -0.15) is 0 Å². The first kappa shape index (κ1) is 7.53. The van der Waals surface area contributed by atoms with Gasteiger partial charge in [0.25, 0.3) is 0 Å². The number of carbonyl (C=O) groups is 1. The van der Waals surface area contributed by atoms with Crippen molar-refractivity contribution in [1.82, 2.24) is 5.32 Å². The van der Waals surface area contributed by atoms with Crippen molar-refractivity contribution in [3.63, 3.8) is 0 Å². The molecule has 0 radical (unpaired) electrons. The second-order valence-corrected chi connectivity index (χ2v) is 4.56. The van der Waals surface area contributed by atoms with Crippen molar-refractivity contribution in [2.75, 3.05) is 18.1 Å². The van der Waals surface area contributed by atoms with Gasteiger partial charge in [0.15, 0.2) is 9.84 Å². The molecule has 0 spiro atoms. The number of hydrogen-bond donors (Lipinski definition) is 1. The van der Waals surface area contributed by atoms with Crippen LogP contribution in [0, 0.1) is 0 Å². The topological polar surface area (TPSA) is 63.2 Å². The Morgan fingerprint density at radius 3 is 2.70 bits per heavy atom. The molecular formula is C5H9NO3S. The number of rotatable bonds is 0. The average Bonchev–Trinajstić information content (AvgIpc) is 1.94. The molecule has 1 N–H and O–H groups in total. The van der Waals surface area contributed by atoms with E-state index in [1.165, 1.54) is 0 Å². The summed E-state index contributed by atoms with van der Waals surface area (Å²) in [6.07, 6.45) is 0.113. The molecule has 1 saturated heterocycles. The Morgan fingerprint density at radius 1 is 1.30 bits per heavy atom. The van der Waals surface area contributed by atoms with E-state index >= 15 is 0 Å². The maximum atomic E-state index is 10.8. The fourth-order valence-corrected chi connectivity index (χ4v) is 1.90. The minimum atomic E-state index is -2.94. The van der Waals surface area contributed by atoms with Gasteiger partial charge in [-0.15, -0.1) is 0 Å². The smallest absolute Gasteiger partial charge is 0.221 e. The summed E-state index contributed by atoms with van der Waals surface area (Å²) in [5.74, 6) is -0.0847. The third kappa shape index (κ3) is 1.98. The van der Waals surface area contributed by atoms with E-state index in [0.717, 1.165) is 0 Å². The minimum absolute atomic E-state index is 0.00116. The molecule has 1 fully saturated rings. The van der Waals surface area contributed by atoms with Crippen molar-refractivity contribution in [2.24, 2.45) is 0 Å². The van der Waals surface area contributed by atoms with Crippen LogP contribution >= 0.6 is 0 Å². The molecule has 0 saturated carbocycles. The van der Waals surface area contributed by atoms with Gasteiger partial charge in [-0.3, -0.25) is 4.79 Å². The molecule has 0 atom stereocenters. The highest BCUT2D eigenvalue weighted by atomic mass is 32.2. The van der Waals surface area contributed by atoms with Gasteiger partial charge in [-0.25, -0.2) is 8.42 Å². The predicted octanol–water partition coefficient (Wildman–Crippen LogP) is -1.08. The molecule has 10 heavy (non-hydrogen) atoms. The second kappa shape index (κ2) is 2.57. The lowest BCUT2D eigenvalue weighted by atomic mass is 10.4. The third-order valence-corrected chi connectivity index (χ3v) is 3.03. The highest BCUT2D eigenvalue weighted by Gasteiger charge is 2.17. The van der Waals surface area contributed by atoms with E-state index < -0.39 is 9.84 Å². The first-order chi connectivity index (χ1) is 4.60. The molecule has 4 nitrogen and oxygen atoms in total. The Labute approximate surface area is 59.5 Å². The molecule has 0 bridgehead atoms. The van der Waals surface area contributed by atoms with E-state index in [0.29, 0.717) is 0 Å². The van der Waals surface area contributed by atoms with Crippen molar-refractivity contribution in [2.45, 2.75) is 6.42 Å². The number of hydrogen-bond acceptors (Lipinski definition) is 3. The van der Waals surface area contributed by atoms with E-state index in [2.05, 4.69) is 5.32 Å². The lowest BCUT2D eigenvalue weighted by Gasteiger charge is -1.93. The molecular weight excluding hydrogens is 154 g/mol. The first-order valence-electron chi connectivity index (χ1n) is 3.07. The molecule has 5 heteroatoms. The van der Waals surface area contributed by atoms with Crippen molar-refractivity contribution in [3.8, 4) is 0 Å². The summed E-state index contributed by atoms with van der Waals surface area (Å²) in [5.41, 5.74) is 0. The highest BCUT2D eigenvalue weighted by molar-refractivity contribution is 7.91. The zero-order valence-electron chi connectivity index (χ0n) is 5.46. The van der Waals surface area contributed by atoms with Crippen LogP contribution in [0.25, 0.3) is 0 Å². The van der Waals surface area contributed by atoms with Crippen LogP contribution in [0.2, 0.25) is 0 Å². The summed E-state index contributed by atoms with van der Waals surface area (Å²) in [4.78, 5) is 10.6. The molecule has 1 aliphatic heterocycles. The van der Waals surface area contributed by atoms with Crippen LogP contribution in [-0.4, -0.2) is 32.4 Å². The summed E-state index contributed by atoms with van der Waals surface area (Å²) >= 11 is 0. The van der Waals surface area contributed by atoms with Gasteiger partial charge in [0.1, 0.15) is 0 Å². The summed E-state index contributed by atoms with van der Waals surface area (Å²) in [5, 5.41) is 2.48. The largest absolute Gasteiger partial charge is 0.355 e. The Kier molecular flexibility index (Phi) is 1.94. The maximum absolute atomic E-state index is 10.8. The molecule has 1 amide bonds.